The van der Waals surface area contributed by atoms with Gasteiger partial charge in [0, 0.05) is 19.6 Å². The average molecular weight is 202 g/mol. The van der Waals surface area contributed by atoms with E-state index in [2.05, 4.69) is 10.5 Å². The maximum Gasteiger partial charge on any atom is 0.260 e. The van der Waals surface area contributed by atoms with Gasteiger partial charge >= 0.3 is 0 Å². The first kappa shape index (κ1) is 10.5. The van der Waals surface area contributed by atoms with Crippen molar-refractivity contribution >= 4 is 11.8 Å². The number of piperazine rings is 1. The van der Waals surface area contributed by atoms with Gasteiger partial charge in [-0.05, 0) is 5.16 Å². The zero-order valence-electron chi connectivity index (χ0n) is 7.56. The van der Waals surface area contributed by atoms with E-state index in [1.165, 1.54) is 4.90 Å². The Morgan fingerprint density at radius 1 is 1.71 bits per heavy atom. The van der Waals surface area contributed by atoms with Gasteiger partial charge in [-0.1, -0.05) is 0 Å². The van der Waals surface area contributed by atoms with Crippen LogP contribution in [0.25, 0.3) is 0 Å². The van der Waals surface area contributed by atoms with Gasteiger partial charge in [0.1, 0.15) is 11.9 Å². The van der Waals surface area contributed by atoms with Crippen molar-refractivity contribution in [3.8, 4) is 0 Å². The van der Waals surface area contributed by atoms with E-state index in [-0.39, 0.29) is 11.8 Å². The molecule has 1 atom stereocenters. The lowest BCUT2D eigenvalue weighted by molar-refractivity contribution is 0.180. The van der Waals surface area contributed by atoms with Crippen molar-refractivity contribution in [2.45, 2.75) is 6.04 Å². The Bertz CT molecular complexity index is 242. The first-order chi connectivity index (χ1) is 6.70. The van der Waals surface area contributed by atoms with Crippen LogP contribution in [-0.4, -0.2) is 52.8 Å². The predicted octanol–water partition coefficient (Wildman–Crippen LogP) is -2.08. The van der Waals surface area contributed by atoms with Gasteiger partial charge in [0.05, 0.1) is 0 Å². The van der Waals surface area contributed by atoms with Crippen molar-refractivity contribution in [3.63, 3.8) is 0 Å². The summed E-state index contributed by atoms with van der Waals surface area (Å²) in [5.74, 6) is -0.152. The van der Waals surface area contributed by atoms with Crippen LogP contribution in [0.2, 0.25) is 0 Å². The normalized spacial score (nSPS) is 23.4. The van der Waals surface area contributed by atoms with Crippen molar-refractivity contribution in [2.75, 3.05) is 19.6 Å². The molecule has 8 heteroatoms. The van der Waals surface area contributed by atoms with Crippen LogP contribution in [0.4, 0.5) is 0 Å². The number of nitrogens with one attached hydrogen (secondary N) is 3. The summed E-state index contributed by atoms with van der Waals surface area (Å²) in [5.41, 5.74) is 7.11. The molecule has 8 nitrogen and oxygen atoms in total. The van der Waals surface area contributed by atoms with E-state index in [1.54, 1.807) is 5.48 Å². The molecule has 0 aromatic heterocycles. The highest BCUT2D eigenvalue weighted by atomic mass is 16.5. The number of oxime groups is 1. The molecule has 7 N–H and O–H groups in total. The molecular formula is C6H14N6O2. The standard InChI is InChI=1S/C6H14N6O2/c7-5(8)4-3-9-1-2-12(4)6(10-13)11-14/h4,9,13-14H,1-3H2,(H3,7,8)(H,10,11). The lowest BCUT2D eigenvalue weighted by Crippen LogP contribution is -2.60. The van der Waals surface area contributed by atoms with Crippen LogP contribution in [0, 0.1) is 5.41 Å². The highest BCUT2D eigenvalue weighted by Gasteiger charge is 2.27. The average Bonchev–Trinajstić information content (AvgIpc) is 2.20. The summed E-state index contributed by atoms with van der Waals surface area (Å²) in [4.78, 5) is 1.51. The van der Waals surface area contributed by atoms with E-state index >= 15 is 0 Å². The van der Waals surface area contributed by atoms with E-state index in [0.717, 1.165) is 0 Å². The molecular weight excluding hydrogens is 188 g/mol. The van der Waals surface area contributed by atoms with E-state index < -0.39 is 6.04 Å². The minimum atomic E-state index is -0.408. The Labute approximate surface area is 80.8 Å². The minimum Gasteiger partial charge on any atom is -0.408 e. The number of hydroxylamine groups is 1. The molecule has 1 fully saturated rings. The van der Waals surface area contributed by atoms with Crippen LogP contribution >= 0.6 is 0 Å². The van der Waals surface area contributed by atoms with Crippen molar-refractivity contribution in [3.05, 3.63) is 0 Å². The molecule has 1 aliphatic heterocycles. The maximum absolute atomic E-state index is 8.66. The van der Waals surface area contributed by atoms with Gasteiger partial charge in [0.15, 0.2) is 0 Å². The molecule has 1 heterocycles. The Kier molecular flexibility index (Phi) is 3.48. The summed E-state index contributed by atoms with van der Waals surface area (Å²) in [5, 5.41) is 30.5. The van der Waals surface area contributed by atoms with Crippen LogP contribution in [0.3, 0.4) is 0 Å². The highest BCUT2D eigenvalue weighted by molar-refractivity contribution is 5.89. The van der Waals surface area contributed by atoms with Crippen LogP contribution in [0.5, 0.6) is 0 Å². The second kappa shape index (κ2) is 4.63. The van der Waals surface area contributed by atoms with Gasteiger partial charge < -0.3 is 21.2 Å². The molecule has 0 amide bonds. The zero-order valence-corrected chi connectivity index (χ0v) is 7.56. The fraction of sp³-hybridized carbons (Fsp3) is 0.667. The number of hydrogen-bond donors (Lipinski definition) is 6. The van der Waals surface area contributed by atoms with E-state index in [1.807, 2.05) is 0 Å². The van der Waals surface area contributed by atoms with Gasteiger partial charge in [-0.2, -0.15) is 0 Å². The molecule has 80 valence electrons. The first-order valence-electron chi connectivity index (χ1n) is 4.14. The molecule has 0 radical (unpaired) electrons. The Balaban J connectivity index is 2.76. The van der Waals surface area contributed by atoms with Crippen LogP contribution in [0.1, 0.15) is 0 Å². The molecule has 1 rings (SSSR count). The first-order valence-corrected chi connectivity index (χ1v) is 4.14. The van der Waals surface area contributed by atoms with E-state index in [4.69, 9.17) is 21.6 Å². The van der Waals surface area contributed by atoms with Crippen LogP contribution in [-0.2, 0) is 0 Å². The smallest absolute Gasteiger partial charge is 0.260 e. The largest absolute Gasteiger partial charge is 0.408 e. The Hall–Kier alpha value is -1.54. The quantitative estimate of drug-likeness (QED) is 0.125. The van der Waals surface area contributed by atoms with E-state index in [0.29, 0.717) is 19.6 Å². The predicted molar refractivity (Wildman–Crippen MR) is 49.4 cm³/mol. The highest BCUT2D eigenvalue weighted by Crippen LogP contribution is 2.02. The summed E-state index contributed by atoms with van der Waals surface area (Å²) in [6.07, 6.45) is 0. The Morgan fingerprint density at radius 3 is 2.93 bits per heavy atom. The number of hydrogen-bond acceptors (Lipinski definition) is 5. The van der Waals surface area contributed by atoms with Crippen LogP contribution < -0.4 is 16.5 Å². The molecule has 0 saturated carbocycles. The molecule has 0 bridgehead atoms. The molecule has 0 aromatic carbocycles. The van der Waals surface area contributed by atoms with Gasteiger partial charge in [-0.15, -0.1) is 0 Å². The van der Waals surface area contributed by atoms with Gasteiger partial charge in [-0.25, -0.2) is 5.48 Å². The third-order valence-electron chi connectivity index (χ3n) is 2.07. The number of amidine groups is 1. The van der Waals surface area contributed by atoms with Crippen molar-refractivity contribution in [1.29, 1.82) is 5.41 Å². The minimum absolute atomic E-state index is 0.0476. The summed E-state index contributed by atoms with van der Waals surface area (Å²) in [6, 6.07) is -0.408. The Morgan fingerprint density at radius 2 is 2.43 bits per heavy atom. The fourth-order valence-electron chi connectivity index (χ4n) is 1.38. The molecule has 0 aliphatic carbocycles. The molecule has 0 aromatic rings. The van der Waals surface area contributed by atoms with E-state index in [9.17, 15) is 0 Å². The summed E-state index contributed by atoms with van der Waals surface area (Å²) < 4.78 is 0. The third-order valence-corrected chi connectivity index (χ3v) is 2.07. The number of nitrogens with zero attached hydrogens (tertiary/aromatic N) is 2. The SMILES string of the molecule is N=C(N)C1CNCCN1C(=NO)NO. The monoisotopic (exact) mass is 202 g/mol. The maximum atomic E-state index is 8.66. The second-order valence-corrected chi connectivity index (χ2v) is 2.90. The summed E-state index contributed by atoms with van der Waals surface area (Å²) in [7, 11) is 0. The lowest BCUT2D eigenvalue weighted by atomic mass is 10.2. The van der Waals surface area contributed by atoms with Crippen molar-refractivity contribution in [2.24, 2.45) is 10.9 Å². The topological polar surface area (TPSA) is 130 Å². The second-order valence-electron chi connectivity index (χ2n) is 2.90. The van der Waals surface area contributed by atoms with Gasteiger partial charge in [-0.3, -0.25) is 10.6 Å². The van der Waals surface area contributed by atoms with Crippen LogP contribution in [0.15, 0.2) is 5.16 Å². The lowest BCUT2D eigenvalue weighted by Gasteiger charge is -2.35. The fourth-order valence-corrected chi connectivity index (χ4v) is 1.38. The molecule has 0 spiro atoms. The van der Waals surface area contributed by atoms with Gasteiger partial charge in [0.25, 0.3) is 5.96 Å². The summed E-state index contributed by atoms with van der Waals surface area (Å²) >= 11 is 0. The third kappa shape index (κ3) is 2.03. The van der Waals surface area contributed by atoms with Gasteiger partial charge in [0.2, 0.25) is 0 Å². The molecule has 1 unspecified atom stereocenters. The zero-order chi connectivity index (χ0) is 10.6. The van der Waals surface area contributed by atoms with Crippen molar-refractivity contribution in [1.82, 2.24) is 15.7 Å². The number of guanidine groups is 1. The summed E-state index contributed by atoms with van der Waals surface area (Å²) in [6.45, 7) is 1.65. The number of rotatable bonds is 1. The molecule has 14 heavy (non-hydrogen) atoms. The molecule has 1 aliphatic rings. The number of nitrogens with two attached hydrogens (primary N) is 1. The molecule has 1 saturated heterocycles. The van der Waals surface area contributed by atoms with Crippen molar-refractivity contribution < 1.29 is 10.4 Å².